The van der Waals surface area contributed by atoms with E-state index in [9.17, 15) is 0 Å². The molecule has 1 unspecified atom stereocenters. The van der Waals surface area contributed by atoms with E-state index < -0.39 is 0 Å². The van der Waals surface area contributed by atoms with Crippen molar-refractivity contribution in [1.29, 1.82) is 0 Å². The van der Waals surface area contributed by atoms with Crippen molar-refractivity contribution >= 4 is 0 Å². The van der Waals surface area contributed by atoms with E-state index in [-0.39, 0.29) is 6.04 Å². The third-order valence-corrected chi connectivity index (χ3v) is 2.64. The SMILES string of the molecule is CCCc1cccc(C(N)CC(C)C)c1. The molecule has 0 saturated heterocycles. The Bertz CT molecular complexity index is 291. The van der Waals surface area contributed by atoms with Crippen LogP contribution in [-0.2, 0) is 6.42 Å². The second-order valence-corrected chi connectivity index (χ2v) is 4.73. The van der Waals surface area contributed by atoms with E-state index in [1.54, 1.807) is 0 Å². The Hall–Kier alpha value is -0.820. The third kappa shape index (κ3) is 4.05. The Morgan fingerprint density at radius 2 is 2.00 bits per heavy atom. The van der Waals surface area contributed by atoms with Gasteiger partial charge in [-0.25, -0.2) is 0 Å². The second-order valence-electron chi connectivity index (χ2n) is 4.73. The van der Waals surface area contributed by atoms with Crippen LogP contribution in [0, 0.1) is 5.92 Å². The van der Waals surface area contributed by atoms with Crippen molar-refractivity contribution in [3.05, 3.63) is 35.4 Å². The first-order valence-corrected chi connectivity index (χ1v) is 5.98. The van der Waals surface area contributed by atoms with Gasteiger partial charge in [-0.1, -0.05) is 51.5 Å². The van der Waals surface area contributed by atoms with E-state index in [2.05, 4.69) is 45.0 Å². The molecule has 0 aliphatic carbocycles. The number of nitrogens with two attached hydrogens (primary N) is 1. The summed E-state index contributed by atoms with van der Waals surface area (Å²) >= 11 is 0. The Balaban J connectivity index is 2.71. The van der Waals surface area contributed by atoms with Gasteiger partial charge in [0.1, 0.15) is 0 Å². The predicted molar refractivity (Wildman–Crippen MR) is 66.8 cm³/mol. The van der Waals surface area contributed by atoms with E-state index >= 15 is 0 Å². The van der Waals surface area contributed by atoms with Gasteiger partial charge in [0.05, 0.1) is 0 Å². The summed E-state index contributed by atoms with van der Waals surface area (Å²) < 4.78 is 0. The van der Waals surface area contributed by atoms with E-state index in [0.29, 0.717) is 5.92 Å². The van der Waals surface area contributed by atoms with Crippen molar-refractivity contribution in [2.45, 2.75) is 46.1 Å². The summed E-state index contributed by atoms with van der Waals surface area (Å²) in [5.74, 6) is 0.662. The highest BCUT2D eigenvalue weighted by atomic mass is 14.6. The van der Waals surface area contributed by atoms with Crippen LogP contribution in [0.2, 0.25) is 0 Å². The number of hydrogen-bond acceptors (Lipinski definition) is 1. The summed E-state index contributed by atoms with van der Waals surface area (Å²) in [6, 6.07) is 8.92. The average Bonchev–Trinajstić information content (AvgIpc) is 2.17. The van der Waals surface area contributed by atoms with Crippen LogP contribution >= 0.6 is 0 Å². The molecule has 0 aromatic heterocycles. The monoisotopic (exact) mass is 205 g/mol. The van der Waals surface area contributed by atoms with Crippen molar-refractivity contribution in [1.82, 2.24) is 0 Å². The lowest BCUT2D eigenvalue weighted by Crippen LogP contribution is -2.13. The molecule has 1 rings (SSSR count). The zero-order valence-corrected chi connectivity index (χ0v) is 10.2. The molecule has 1 nitrogen and oxygen atoms in total. The molecule has 0 saturated carbocycles. The van der Waals surface area contributed by atoms with E-state index in [4.69, 9.17) is 5.73 Å². The molecule has 0 bridgehead atoms. The molecule has 1 heteroatoms. The molecular formula is C14H23N. The van der Waals surface area contributed by atoms with Gasteiger partial charge in [-0.15, -0.1) is 0 Å². The summed E-state index contributed by atoms with van der Waals surface area (Å²) in [5.41, 5.74) is 8.86. The van der Waals surface area contributed by atoms with Crippen molar-refractivity contribution < 1.29 is 0 Å². The van der Waals surface area contributed by atoms with Crippen LogP contribution in [0.4, 0.5) is 0 Å². The standard InChI is InChI=1S/C14H23N/c1-4-6-12-7-5-8-13(10-12)14(15)9-11(2)3/h5,7-8,10-11,14H,4,6,9,15H2,1-3H3. The van der Waals surface area contributed by atoms with Crippen molar-refractivity contribution in [2.24, 2.45) is 11.7 Å². The third-order valence-electron chi connectivity index (χ3n) is 2.64. The Kier molecular flexibility index (Phi) is 4.83. The summed E-state index contributed by atoms with van der Waals surface area (Å²) in [4.78, 5) is 0. The maximum atomic E-state index is 6.16. The molecular weight excluding hydrogens is 182 g/mol. The number of benzene rings is 1. The van der Waals surface area contributed by atoms with Crippen LogP contribution in [0.15, 0.2) is 24.3 Å². The minimum absolute atomic E-state index is 0.196. The molecule has 0 radical (unpaired) electrons. The van der Waals surface area contributed by atoms with Gasteiger partial charge < -0.3 is 5.73 Å². The van der Waals surface area contributed by atoms with Gasteiger partial charge in [-0.05, 0) is 29.9 Å². The fraction of sp³-hybridized carbons (Fsp3) is 0.571. The maximum Gasteiger partial charge on any atom is 0.0297 e. The van der Waals surface area contributed by atoms with Gasteiger partial charge in [-0.2, -0.15) is 0 Å². The van der Waals surface area contributed by atoms with Gasteiger partial charge in [-0.3, -0.25) is 0 Å². The summed E-state index contributed by atoms with van der Waals surface area (Å²) in [5, 5.41) is 0. The number of aryl methyl sites for hydroxylation is 1. The molecule has 15 heavy (non-hydrogen) atoms. The highest BCUT2D eigenvalue weighted by molar-refractivity contribution is 5.26. The van der Waals surface area contributed by atoms with Gasteiger partial charge in [0.2, 0.25) is 0 Å². The quantitative estimate of drug-likeness (QED) is 0.779. The van der Waals surface area contributed by atoms with Crippen LogP contribution in [-0.4, -0.2) is 0 Å². The predicted octanol–water partition coefficient (Wildman–Crippen LogP) is 3.69. The molecule has 0 aliphatic rings. The fourth-order valence-electron chi connectivity index (χ4n) is 1.91. The van der Waals surface area contributed by atoms with Gasteiger partial charge in [0.15, 0.2) is 0 Å². The Labute approximate surface area is 93.7 Å². The zero-order chi connectivity index (χ0) is 11.3. The largest absolute Gasteiger partial charge is 0.324 e. The smallest absolute Gasteiger partial charge is 0.0297 e. The first kappa shape index (κ1) is 12.3. The van der Waals surface area contributed by atoms with E-state index in [1.165, 1.54) is 17.5 Å². The number of rotatable bonds is 5. The molecule has 0 aliphatic heterocycles. The van der Waals surface area contributed by atoms with Crippen LogP contribution < -0.4 is 5.73 Å². The van der Waals surface area contributed by atoms with Gasteiger partial charge in [0.25, 0.3) is 0 Å². The first-order valence-electron chi connectivity index (χ1n) is 5.98. The first-order chi connectivity index (χ1) is 7.13. The molecule has 0 amide bonds. The summed E-state index contributed by atoms with van der Waals surface area (Å²) in [6.07, 6.45) is 3.42. The van der Waals surface area contributed by atoms with Crippen LogP contribution in [0.3, 0.4) is 0 Å². The molecule has 0 fully saturated rings. The molecule has 0 heterocycles. The fourth-order valence-corrected chi connectivity index (χ4v) is 1.91. The topological polar surface area (TPSA) is 26.0 Å². The van der Waals surface area contributed by atoms with Crippen LogP contribution in [0.5, 0.6) is 0 Å². The summed E-state index contributed by atoms with van der Waals surface area (Å²) in [6.45, 7) is 6.65. The minimum atomic E-state index is 0.196. The molecule has 1 aromatic carbocycles. The lowest BCUT2D eigenvalue weighted by atomic mass is 9.96. The molecule has 1 atom stereocenters. The molecule has 0 spiro atoms. The highest BCUT2D eigenvalue weighted by Crippen LogP contribution is 2.20. The Morgan fingerprint density at radius 3 is 2.60 bits per heavy atom. The zero-order valence-electron chi connectivity index (χ0n) is 10.2. The molecule has 84 valence electrons. The molecule has 2 N–H and O–H groups in total. The second kappa shape index (κ2) is 5.92. The lowest BCUT2D eigenvalue weighted by molar-refractivity contribution is 0.509. The van der Waals surface area contributed by atoms with Gasteiger partial charge >= 0.3 is 0 Å². The van der Waals surface area contributed by atoms with E-state index in [1.807, 2.05) is 0 Å². The molecule has 1 aromatic rings. The minimum Gasteiger partial charge on any atom is -0.324 e. The van der Waals surface area contributed by atoms with Crippen LogP contribution in [0.25, 0.3) is 0 Å². The normalized spacial score (nSPS) is 13.1. The van der Waals surface area contributed by atoms with Crippen molar-refractivity contribution in [2.75, 3.05) is 0 Å². The highest BCUT2D eigenvalue weighted by Gasteiger charge is 2.08. The van der Waals surface area contributed by atoms with Crippen molar-refractivity contribution in [3.8, 4) is 0 Å². The Morgan fingerprint density at radius 1 is 1.27 bits per heavy atom. The van der Waals surface area contributed by atoms with Gasteiger partial charge in [0, 0.05) is 6.04 Å². The number of hydrogen-bond donors (Lipinski definition) is 1. The summed E-state index contributed by atoms with van der Waals surface area (Å²) in [7, 11) is 0. The van der Waals surface area contributed by atoms with Crippen LogP contribution in [0.1, 0.15) is 50.8 Å². The van der Waals surface area contributed by atoms with Crippen molar-refractivity contribution in [3.63, 3.8) is 0 Å². The lowest BCUT2D eigenvalue weighted by Gasteiger charge is -2.15. The maximum absolute atomic E-state index is 6.16. The van der Waals surface area contributed by atoms with E-state index in [0.717, 1.165) is 12.8 Å². The average molecular weight is 205 g/mol.